The van der Waals surface area contributed by atoms with Crippen LogP contribution < -0.4 is 10.2 Å². The van der Waals surface area contributed by atoms with E-state index < -0.39 is 0 Å². The standard InChI is InChI=1S/C13H21ClN4/c1-3-15-9-11-8-13(16-10-12(11)14)18-6-4-17(2)5-7-18/h8,10,15H,3-7,9H2,1-2H3. The normalized spacial score (nSPS) is 17.2. The highest BCUT2D eigenvalue weighted by Gasteiger charge is 2.16. The van der Waals surface area contributed by atoms with Crippen molar-refractivity contribution >= 4 is 17.4 Å². The van der Waals surface area contributed by atoms with Crippen LogP contribution in [0.5, 0.6) is 0 Å². The van der Waals surface area contributed by atoms with Gasteiger partial charge in [-0.3, -0.25) is 0 Å². The molecular weight excluding hydrogens is 248 g/mol. The zero-order chi connectivity index (χ0) is 13.0. The van der Waals surface area contributed by atoms with E-state index in [2.05, 4.69) is 40.1 Å². The molecule has 1 aromatic rings. The number of pyridine rings is 1. The lowest BCUT2D eigenvalue weighted by molar-refractivity contribution is 0.312. The molecule has 0 radical (unpaired) electrons. The molecule has 4 nitrogen and oxygen atoms in total. The van der Waals surface area contributed by atoms with Crippen LogP contribution in [0.1, 0.15) is 12.5 Å². The molecule has 0 atom stereocenters. The van der Waals surface area contributed by atoms with E-state index in [9.17, 15) is 0 Å². The zero-order valence-corrected chi connectivity index (χ0v) is 11.9. The van der Waals surface area contributed by atoms with Gasteiger partial charge < -0.3 is 15.1 Å². The Morgan fingerprint density at radius 3 is 2.72 bits per heavy atom. The van der Waals surface area contributed by atoms with E-state index in [1.54, 1.807) is 6.20 Å². The van der Waals surface area contributed by atoms with Gasteiger partial charge in [0.15, 0.2) is 0 Å². The van der Waals surface area contributed by atoms with Crippen LogP contribution in [-0.2, 0) is 6.54 Å². The number of halogens is 1. The number of aromatic nitrogens is 1. The van der Waals surface area contributed by atoms with Crippen LogP contribution in [0.4, 0.5) is 5.82 Å². The number of piperazine rings is 1. The molecule has 1 aromatic heterocycles. The van der Waals surface area contributed by atoms with E-state index >= 15 is 0 Å². The maximum atomic E-state index is 6.16. The van der Waals surface area contributed by atoms with E-state index in [0.29, 0.717) is 0 Å². The quantitative estimate of drug-likeness (QED) is 0.899. The van der Waals surface area contributed by atoms with Crippen molar-refractivity contribution in [3.8, 4) is 0 Å². The molecule has 5 heteroatoms. The summed E-state index contributed by atoms with van der Waals surface area (Å²) in [7, 11) is 2.16. The van der Waals surface area contributed by atoms with Crippen LogP contribution >= 0.6 is 11.6 Å². The Balaban J connectivity index is 2.08. The average molecular weight is 269 g/mol. The van der Waals surface area contributed by atoms with E-state index in [0.717, 1.165) is 55.7 Å². The SMILES string of the molecule is CCNCc1cc(N2CCN(C)CC2)ncc1Cl. The second-order valence-electron chi connectivity index (χ2n) is 4.70. The number of rotatable bonds is 4. The molecule has 2 rings (SSSR count). The van der Waals surface area contributed by atoms with Crippen LogP contribution in [-0.4, -0.2) is 49.7 Å². The van der Waals surface area contributed by atoms with Gasteiger partial charge in [0.2, 0.25) is 0 Å². The molecule has 100 valence electrons. The molecule has 18 heavy (non-hydrogen) atoms. The summed E-state index contributed by atoms with van der Waals surface area (Å²) in [5, 5.41) is 4.05. The Morgan fingerprint density at radius 1 is 1.33 bits per heavy atom. The van der Waals surface area contributed by atoms with Crippen molar-refractivity contribution in [3.63, 3.8) is 0 Å². The molecule has 0 saturated carbocycles. The lowest BCUT2D eigenvalue weighted by atomic mass is 10.2. The topological polar surface area (TPSA) is 31.4 Å². The van der Waals surface area contributed by atoms with Crippen LogP contribution in [0.25, 0.3) is 0 Å². The van der Waals surface area contributed by atoms with E-state index in [1.807, 2.05) is 0 Å². The van der Waals surface area contributed by atoms with Gasteiger partial charge >= 0.3 is 0 Å². The summed E-state index contributed by atoms with van der Waals surface area (Å²) in [6, 6.07) is 2.11. The van der Waals surface area contributed by atoms with Crippen molar-refractivity contribution in [2.45, 2.75) is 13.5 Å². The third-order valence-corrected chi connectivity index (χ3v) is 3.65. The van der Waals surface area contributed by atoms with Gasteiger partial charge in [-0.2, -0.15) is 0 Å². The third kappa shape index (κ3) is 3.34. The van der Waals surface area contributed by atoms with Crippen LogP contribution in [0.3, 0.4) is 0 Å². The molecule has 2 heterocycles. The lowest BCUT2D eigenvalue weighted by Crippen LogP contribution is -2.44. The van der Waals surface area contributed by atoms with Gasteiger partial charge in [-0.15, -0.1) is 0 Å². The largest absolute Gasteiger partial charge is 0.354 e. The van der Waals surface area contributed by atoms with Gasteiger partial charge in [-0.25, -0.2) is 4.98 Å². The van der Waals surface area contributed by atoms with Gasteiger partial charge in [-0.1, -0.05) is 18.5 Å². The van der Waals surface area contributed by atoms with Crippen LogP contribution in [0.2, 0.25) is 5.02 Å². The number of nitrogens with one attached hydrogen (secondary N) is 1. The Morgan fingerprint density at radius 2 is 2.06 bits per heavy atom. The monoisotopic (exact) mass is 268 g/mol. The van der Waals surface area contributed by atoms with Crippen molar-refractivity contribution in [2.24, 2.45) is 0 Å². The fourth-order valence-electron chi connectivity index (χ4n) is 2.07. The molecule has 1 aliphatic rings. The van der Waals surface area contributed by atoms with Crippen molar-refractivity contribution in [2.75, 3.05) is 44.7 Å². The maximum Gasteiger partial charge on any atom is 0.128 e. The first-order chi connectivity index (χ1) is 8.70. The Hall–Kier alpha value is -0.840. The minimum absolute atomic E-state index is 0.744. The van der Waals surface area contributed by atoms with Crippen molar-refractivity contribution in [1.82, 2.24) is 15.2 Å². The highest BCUT2D eigenvalue weighted by atomic mass is 35.5. The molecule has 0 aromatic carbocycles. The smallest absolute Gasteiger partial charge is 0.128 e. The molecule has 0 aliphatic carbocycles. The van der Waals surface area contributed by atoms with Crippen LogP contribution in [0, 0.1) is 0 Å². The second-order valence-corrected chi connectivity index (χ2v) is 5.11. The first-order valence-corrected chi connectivity index (χ1v) is 6.87. The van der Waals surface area contributed by atoms with Crippen molar-refractivity contribution < 1.29 is 0 Å². The lowest BCUT2D eigenvalue weighted by Gasteiger charge is -2.33. The molecule has 1 fully saturated rings. The van der Waals surface area contributed by atoms with E-state index in [4.69, 9.17) is 11.6 Å². The van der Waals surface area contributed by atoms with Gasteiger partial charge in [0.25, 0.3) is 0 Å². The predicted octanol–water partition coefficient (Wildman–Crippen LogP) is 1.60. The number of anilines is 1. The third-order valence-electron chi connectivity index (χ3n) is 3.31. The van der Waals surface area contributed by atoms with Gasteiger partial charge in [0, 0.05) is 38.9 Å². The van der Waals surface area contributed by atoms with Crippen molar-refractivity contribution in [1.29, 1.82) is 0 Å². The Kier molecular flexibility index (Phi) is 4.80. The summed E-state index contributed by atoms with van der Waals surface area (Å²) >= 11 is 6.16. The molecular formula is C13H21ClN4. The Labute approximate surface area is 114 Å². The summed E-state index contributed by atoms with van der Waals surface area (Å²) in [4.78, 5) is 9.11. The summed E-state index contributed by atoms with van der Waals surface area (Å²) in [6.07, 6.45) is 1.77. The second kappa shape index (κ2) is 6.36. The number of hydrogen-bond donors (Lipinski definition) is 1. The first kappa shape index (κ1) is 13.6. The Bertz CT molecular complexity index is 389. The molecule has 0 spiro atoms. The fraction of sp³-hybridized carbons (Fsp3) is 0.615. The average Bonchev–Trinajstić information content (AvgIpc) is 2.39. The first-order valence-electron chi connectivity index (χ1n) is 6.49. The molecule has 1 saturated heterocycles. The number of hydrogen-bond acceptors (Lipinski definition) is 4. The maximum absolute atomic E-state index is 6.16. The fourth-order valence-corrected chi connectivity index (χ4v) is 2.24. The zero-order valence-electron chi connectivity index (χ0n) is 11.1. The predicted molar refractivity (Wildman–Crippen MR) is 76.3 cm³/mol. The minimum atomic E-state index is 0.744. The van der Waals surface area contributed by atoms with Gasteiger partial charge in [0.05, 0.1) is 5.02 Å². The van der Waals surface area contributed by atoms with E-state index in [-0.39, 0.29) is 0 Å². The molecule has 0 bridgehead atoms. The number of likely N-dealkylation sites (N-methyl/N-ethyl adjacent to an activating group) is 1. The van der Waals surface area contributed by atoms with Crippen molar-refractivity contribution in [3.05, 3.63) is 22.8 Å². The summed E-state index contributed by atoms with van der Waals surface area (Å²) in [6.45, 7) is 8.09. The van der Waals surface area contributed by atoms with Crippen LogP contribution in [0.15, 0.2) is 12.3 Å². The summed E-state index contributed by atoms with van der Waals surface area (Å²) in [5.74, 6) is 1.04. The number of nitrogens with zero attached hydrogens (tertiary/aromatic N) is 3. The molecule has 0 unspecified atom stereocenters. The minimum Gasteiger partial charge on any atom is -0.354 e. The van der Waals surface area contributed by atoms with Gasteiger partial charge in [-0.05, 0) is 25.2 Å². The van der Waals surface area contributed by atoms with Gasteiger partial charge in [0.1, 0.15) is 5.82 Å². The summed E-state index contributed by atoms with van der Waals surface area (Å²) in [5.41, 5.74) is 1.13. The van der Waals surface area contributed by atoms with E-state index in [1.165, 1.54) is 0 Å². The highest BCUT2D eigenvalue weighted by Crippen LogP contribution is 2.21. The highest BCUT2D eigenvalue weighted by molar-refractivity contribution is 6.31. The molecule has 1 N–H and O–H groups in total. The summed E-state index contributed by atoms with van der Waals surface area (Å²) < 4.78 is 0. The molecule has 1 aliphatic heterocycles. The molecule has 0 amide bonds.